The quantitative estimate of drug-likeness (QED) is 0.860. The molecular weight excluding hydrogens is 288 g/mol. The maximum absolute atomic E-state index is 12.6. The van der Waals surface area contributed by atoms with Gasteiger partial charge in [-0.15, -0.1) is 0 Å². The minimum atomic E-state index is 0.0237. The van der Waals surface area contributed by atoms with E-state index >= 15 is 0 Å². The number of hydrogen-bond acceptors (Lipinski definition) is 2. The molecule has 4 nitrogen and oxygen atoms in total. The number of carbonyl (C=O) groups is 2. The largest absolute Gasteiger partial charge is 0.340 e. The molecular formula is C19H26N2O2. The minimum absolute atomic E-state index is 0.0237. The molecule has 0 radical (unpaired) electrons. The molecule has 1 aromatic carbocycles. The van der Waals surface area contributed by atoms with Gasteiger partial charge in [-0.05, 0) is 24.3 Å². The van der Waals surface area contributed by atoms with Gasteiger partial charge in [0.15, 0.2) is 0 Å². The van der Waals surface area contributed by atoms with Gasteiger partial charge in [0.25, 0.3) is 0 Å². The standard InChI is InChI=1S/C19H26N2O2/c1-14(2)19(23)20-12-16-9-6-10-18(22)21(17(16)13-20)11-15-7-4-3-5-8-15/h3-5,7-8,14,16-17H,6,9-13H2,1-2H3/t16-,17+/m1/s1. The van der Waals surface area contributed by atoms with Crippen molar-refractivity contribution in [2.24, 2.45) is 11.8 Å². The van der Waals surface area contributed by atoms with Crippen LogP contribution in [0.3, 0.4) is 0 Å². The Kier molecular flexibility index (Phi) is 4.69. The maximum atomic E-state index is 12.6. The number of fused-ring (bicyclic) bond motifs is 1. The Balaban J connectivity index is 1.79. The molecule has 0 aromatic heterocycles. The lowest BCUT2D eigenvalue weighted by atomic mass is 9.98. The van der Waals surface area contributed by atoms with Crippen molar-refractivity contribution in [2.45, 2.75) is 45.7 Å². The fourth-order valence-corrected chi connectivity index (χ4v) is 3.87. The van der Waals surface area contributed by atoms with E-state index in [1.165, 1.54) is 0 Å². The van der Waals surface area contributed by atoms with Crippen LogP contribution in [0.1, 0.15) is 38.7 Å². The highest BCUT2D eigenvalue weighted by Crippen LogP contribution is 2.32. The fraction of sp³-hybridized carbons (Fsp3) is 0.579. The van der Waals surface area contributed by atoms with E-state index < -0.39 is 0 Å². The molecule has 0 aliphatic carbocycles. The molecule has 4 heteroatoms. The third-order valence-corrected chi connectivity index (χ3v) is 5.09. The average molecular weight is 314 g/mol. The molecule has 2 saturated heterocycles. The Labute approximate surface area is 138 Å². The van der Waals surface area contributed by atoms with Crippen molar-refractivity contribution >= 4 is 11.8 Å². The summed E-state index contributed by atoms with van der Waals surface area (Å²) in [4.78, 5) is 28.9. The van der Waals surface area contributed by atoms with E-state index in [0.29, 0.717) is 25.4 Å². The molecule has 0 N–H and O–H groups in total. The average Bonchev–Trinajstić information content (AvgIpc) is 2.90. The number of amides is 2. The van der Waals surface area contributed by atoms with Crippen molar-refractivity contribution < 1.29 is 9.59 Å². The van der Waals surface area contributed by atoms with E-state index in [2.05, 4.69) is 12.1 Å². The summed E-state index contributed by atoms with van der Waals surface area (Å²) in [6, 6.07) is 10.3. The van der Waals surface area contributed by atoms with E-state index in [1.54, 1.807) is 0 Å². The first-order chi connectivity index (χ1) is 11.1. The number of hydrogen-bond donors (Lipinski definition) is 0. The van der Waals surface area contributed by atoms with Gasteiger partial charge in [0.05, 0.1) is 6.04 Å². The van der Waals surface area contributed by atoms with E-state index in [0.717, 1.165) is 24.9 Å². The van der Waals surface area contributed by atoms with Crippen LogP contribution in [0.15, 0.2) is 30.3 Å². The van der Waals surface area contributed by atoms with Crippen molar-refractivity contribution in [1.29, 1.82) is 0 Å². The zero-order chi connectivity index (χ0) is 16.4. The maximum Gasteiger partial charge on any atom is 0.225 e. The van der Waals surface area contributed by atoms with Crippen LogP contribution in [0, 0.1) is 11.8 Å². The Morgan fingerprint density at radius 3 is 2.65 bits per heavy atom. The summed E-state index contributed by atoms with van der Waals surface area (Å²) in [6.07, 6.45) is 2.62. The van der Waals surface area contributed by atoms with Crippen LogP contribution >= 0.6 is 0 Å². The summed E-state index contributed by atoms with van der Waals surface area (Å²) in [5, 5.41) is 0. The van der Waals surface area contributed by atoms with Gasteiger partial charge in [0, 0.05) is 32.0 Å². The van der Waals surface area contributed by atoms with Crippen LogP contribution in [0.5, 0.6) is 0 Å². The number of likely N-dealkylation sites (tertiary alicyclic amines) is 2. The van der Waals surface area contributed by atoms with Crippen molar-refractivity contribution in [3.8, 4) is 0 Å². The summed E-state index contributed by atoms with van der Waals surface area (Å²) in [5.74, 6) is 0.897. The second kappa shape index (κ2) is 6.73. The highest BCUT2D eigenvalue weighted by molar-refractivity contribution is 5.80. The lowest BCUT2D eigenvalue weighted by Crippen LogP contribution is -2.43. The lowest BCUT2D eigenvalue weighted by Gasteiger charge is -2.30. The zero-order valence-corrected chi connectivity index (χ0v) is 14.1. The number of rotatable bonds is 3. The minimum Gasteiger partial charge on any atom is -0.340 e. The third kappa shape index (κ3) is 3.41. The van der Waals surface area contributed by atoms with E-state index in [1.807, 2.05) is 41.8 Å². The van der Waals surface area contributed by atoms with Crippen LogP contribution in [0.4, 0.5) is 0 Å². The summed E-state index contributed by atoms with van der Waals surface area (Å²) in [6.45, 7) is 6.05. The summed E-state index contributed by atoms with van der Waals surface area (Å²) < 4.78 is 0. The van der Waals surface area contributed by atoms with Gasteiger partial charge < -0.3 is 9.80 Å². The molecule has 23 heavy (non-hydrogen) atoms. The third-order valence-electron chi connectivity index (χ3n) is 5.09. The normalized spacial score (nSPS) is 24.7. The van der Waals surface area contributed by atoms with Crippen LogP contribution in [0.25, 0.3) is 0 Å². The lowest BCUT2D eigenvalue weighted by molar-refractivity contribution is -0.136. The zero-order valence-electron chi connectivity index (χ0n) is 14.1. The first-order valence-electron chi connectivity index (χ1n) is 8.68. The predicted molar refractivity (Wildman–Crippen MR) is 89.5 cm³/mol. The Morgan fingerprint density at radius 1 is 1.22 bits per heavy atom. The molecule has 2 aliphatic rings. The molecule has 3 rings (SSSR count). The molecule has 0 unspecified atom stereocenters. The molecule has 0 saturated carbocycles. The topological polar surface area (TPSA) is 40.6 Å². The van der Waals surface area contributed by atoms with Gasteiger partial charge in [-0.25, -0.2) is 0 Å². The van der Waals surface area contributed by atoms with Crippen molar-refractivity contribution in [1.82, 2.24) is 9.80 Å². The first-order valence-corrected chi connectivity index (χ1v) is 8.68. The molecule has 2 heterocycles. The molecule has 2 aliphatic heterocycles. The Morgan fingerprint density at radius 2 is 1.96 bits per heavy atom. The SMILES string of the molecule is CC(C)C(=O)N1C[C@H]2CCCC(=O)N(Cc3ccccc3)[C@H]2C1. The predicted octanol–water partition coefficient (Wildman–Crippen LogP) is 2.68. The number of benzene rings is 1. The second-order valence-corrected chi connectivity index (χ2v) is 7.12. The van der Waals surface area contributed by atoms with Gasteiger partial charge in [-0.3, -0.25) is 9.59 Å². The van der Waals surface area contributed by atoms with Crippen LogP contribution in [-0.2, 0) is 16.1 Å². The van der Waals surface area contributed by atoms with Gasteiger partial charge in [0.1, 0.15) is 0 Å². The number of carbonyl (C=O) groups excluding carboxylic acids is 2. The van der Waals surface area contributed by atoms with Crippen molar-refractivity contribution in [2.75, 3.05) is 13.1 Å². The highest BCUT2D eigenvalue weighted by Gasteiger charge is 2.41. The van der Waals surface area contributed by atoms with Gasteiger partial charge in [-0.2, -0.15) is 0 Å². The van der Waals surface area contributed by atoms with Gasteiger partial charge in [0.2, 0.25) is 11.8 Å². The molecule has 0 bridgehead atoms. The van der Waals surface area contributed by atoms with Gasteiger partial charge in [-0.1, -0.05) is 44.2 Å². The molecule has 1 aromatic rings. The van der Waals surface area contributed by atoms with E-state index in [-0.39, 0.29) is 23.8 Å². The monoisotopic (exact) mass is 314 g/mol. The first kappa shape index (κ1) is 16.0. The van der Waals surface area contributed by atoms with E-state index in [9.17, 15) is 9.59 Å². The van der Waals surface area contributed by atoms with Crippen LogP contribution in [0.2, 0.25) is 0 Å². The van der Waals surface area contributed by atoms with Crippen LogP contribution < -0.4 is 0 Å². The summed E-state index contributed by atoms with van der Waals surface area (Å²) in [7, 11) is 0. The van der Waals surface area contributed by atoms with Crippen molar-refractivity contribution in [3.63, 3.8) is 0 Å². The number of nitrogens with zero attached hydrogens (tertiary/aromatic N) is 2. The molecule has 2 amide bonds. The van der Waals surface area contributed by atoms with Gasteiger partial charge >= 0.3 is 0 Å². The fourth-order valence-electron chi connectivity index (χ4n) is 3.87. The Hall–Kier alpha value is -1.84. The highest BCUT2D eigenvalue weighted by atomic mass is 16.2. The smallest absolute Gasteiger partial charge is 0.225 e. The Bertz CT molecular complexity index is 570. The van der Waals surface area contributed by atoms with Crippen LogP contribution in [-0.4, -0.2) is 40.7 Å². The molecule has 0 spiro atoms. The molecule has 124 valence electrons. The summed E-state index contributed by atoms with van der Waals surface area (Å²) in [5.41, 5.74) is 1.16. The van der Waals surface area contributed by atoms with E-state index in [4.69, 9.17) is 0 Å². The molecule has 2 atom stereocenters. The molecule has 2 fully saturated rings. The van der Waals surface area contributed by atoms with Crippen molar-refractivity contribution in [3.05, 3.63) is 35.9 Å². The second-order valence-electron chi connectivity index (χ2n) is 7.12. The summed E-state index contributed by atoms with van der Waals surface area (Å²) >= 11 is 0.